The first kappa shape index (κ1) is 13.3. The molecular formula is C14H8ClFN4O. The Morgan fingerprint density at radius 2 is 2.29 bits per heavy atom. The van der Waals surface area contributed by atoms with Crippen LogP contribution >= 0.6 is 11.6 Å². The van der Waals surface area contributed by atoms with Crippen molar-refractivity contribution in [1.29, 1.82) is 5.26 Å². The Balaban J connectivity index is 2.16. The molecule has 0 fully saturated rings. The zero-order valence-corrected chi connectivity index (χ0v) is 11.4. The maximum Gasteiger partial charge on any atom is 0.277 e. The fraction of sp³-hybridized carbons (Fsp3) is 0.0714. The first-order valence-corrected chi connectivity index (χ1v) is 6.41. The molecule has 0 radical (unpaired) electrons. The van der Waals surface area contributed by atoms with Crippen molar-refractivity contribution in [2.75, 3.05) is 0 Å². The second kappa shape index (κ2) is 5.04. The van der Waals surface area contributed by atoms with E-state index in [-0.39, 0.29) is 34.2 Å². The Labute approximate surface area is 123 Å². The molecule has 1 N–H and O–H groups in total. The number of rotatable bonds is 2. The molecule has 21 heavy (non-hydrogen) atoms. The lowest BCUT2D eigenvalue weighted by atomic mass is 10.1. The third-order valence-corrected chi connectivity index (χ3v) is 3.41. The Hall–Kier alpha value is -2.65. The summed E-state index contributed by atoms with van der Waals surface area (Å²) in [7, 11) is 0. The normalized spacial score (nSPS) is 10.7. The maximum atomic E-state index is 13.2. The van der Waals surface area contributed by atoms with Gasteiger partial charge in [-0.05, 0) is 17.7 Å². The van der Waals surface area contributed by atoms with Gasteiger partial charge in [-0.2, -0.15) is 9.78 Å². The number of fused-ring (bicyclic) bond motifs is 1. The van der Waals surface area contributed by atoms with Gasteiger partial charge in [0.1, 0.15) is 22.6 Å². The molecule has 0 amide bonds. The van der Waals surface area contributed by atoms with Crippen molar-refractivity contribution in [3.63, 3.8) is 0 Å². The monoisotopic (exact) mass is 302 g/mol. The summed E-state index contributed by atoms with van der Waals surface area (Å²) in [5.74, 6) is -0.385. The first-order valence-electron chi connectivity index (χ1n) is 6.03. The fourth-order valence-corrected chi connectivity index (χ4v) is 2.33. The average molecular weight is 303 g/mol. The predicted molar refractivity (Wildman–Crippen MR) is 74.7 cm³/mol. The van der Waals surface area contributed by atoms with E-state index in [4.69, 9.17) is 16.9 Å². The predicted octanol–water partition coefficient (Wildman–Crippen LogP) is 2.28. The van der Waals surface area contributed by atoms with Crippen LogP contribution in [-0.2, 0) is 6.42 Å². The van der Waals surface area contributed by atoms with Gasteiger partial charge in [-0.1, -0.05) is 23.7 Å². The van der Waals surface area contributed by atoms with E-state index in [0.29, 0.717) is 5.56 Å². The highest BCUT2D eigenvalue weighted by molar-refractivity contribution is 6.30. The van der Waals surface area contributed by atoms with Crippen LogP contribution in [0.2, 0.25) is 5.15 Å². The molecule has 5 nitrogen and oxygen atoms in total. The summed E-state index contributed by atoms with van der Waals surface area (Å²) in [5, 5.41) is 11.6. The molecule has 0 spiro atoms. The van der Waals surface area contributed by atoms with Crippen LogP contribution in [0, 0.1) is 17.1 Å². The lowest BCUT2D eigenvalue weighted by Gasteiger charge is -2.04. The lowest BCUT2D eigenvalue weighted by Crippen LogP contribution is -2.21. The Morgan fingerprint density at radius 3 is 3.00 bits per heavy atom. The van der Waals surface area contributed by atoms with Gasteiger partial charge in [0, 0.05) is 12.6 Å². The molecule has 0 bridgehead atoms. The minimum absolute atomic E-state index is 0.0142. The van der Waals surface area contributed by atoms with Crippen LogP contribution in [0.3, 0.4) is 0 Å². The summed E-state index contributed by atoms with van der Waals surface area (Å²) < 4.78 is 14.4. The molecule has 7 heteroatoms. The second-order valence-electron chi connectivity index (χ2n) is 4.45. The molecule has 3 aromatic rings. The van der Waals surface area contributed by atoms with Gasteiger partial charge in [-0.3, -0.25) is 9.89 Å². The van der Waals surface area contributed by atoms with E-state index in [1.165, 1.54) is 18.3 Å². The first-order chi connectivity index (χ1) is 10.1. The molecule has 0 saturated heterocycles. The molecule has 104 valence electrons. The van der Waals surface area contributed by atoms with Crippen LogP contribution in [-0.4, -0.2) is 14.6 Å². The molecule has 2 aromatic heterocycles. The number of aromatic amines is 1. The molecule has 0 unspecified atom stereocenters. The van der Waals surface area contributed by atoms with E-state index in [2.05, 4.69) is 10.1 Å². The van der Waals surface area contributed by atoms with Crippen molar-refractivity contribution in [3.8, 4) is 6.07 Å². The highest BCUT2D eigenvalue weighted by Gasteiger charge is 2.15. The topological polar surface area (TPSA) is 73.9 Å². The van der Waals surface area contributed by atoms with Gasteiger partial charge < -0.3 is 0 Å². The third kappa shape index (κ3) is 2.28. The van der Waals surface area contributed by atoms with Crippen LogP contribution < -0.4 is 5.56 Å². The maximum absolute atomic E-state index is 13.2. The molecule has 0 aliphatic carbocycles. The summed E-state index contributed by atoms with van der Waals surface area (Å²) in [5.41, 5.74) is 0.853. The minimum atomic E-state index is -0.407. The second-order valence-corrected chi connectivity index (χ2v) is 4.81. The standard InChI is InChI=1S/C14H8ClFN4O/c15-12-11(5-8-2-1-3-10(16)4-8)14(21)20-13(19-12)9(6-17)7-18-20/h1-4,7,18H,5H2. The average Bonchev–Trinajstić information content (AvgIpc) is 2.86. The number of H-pyrrole nitrogens is 1. The number of hydrogen-bond donors (Lipinski definition) is 1. The summed E-state index contributed by atoms with van der Waals surface area (Å²) in [4.78, 5) is 16.4. The van der Waals surface area contributed by atoms with Crippen molar-refractivity contribution >= 4 is 17.2 Å². The van der Waals surface area contributed by atoms with Gasteiger partial charge in [0.05, 0.1) is 5.56 Å². The minimum Gasteiger partial charge on any atom is -0.295 e. The molecule has 0 saturated carbocycles. The van der Waals surface area contributed by atoms with Crippen LogP contribution in [0.4, 0.5) is 4.39 Å². The van der Waals surface area contributed by atoms with Crippen molar-refractivity contribution in [1.82, 2.24) is 14.6 Å². The zero-order valence-electron chi connectivity index (χ0n) is 10.6. The van der Waals surface area contributed by atoms with Crippen molar-refractivity contribution in [3.05, 3.63) is 68.5 Å². The van der Waals surface area contributed by atoms with Gasteiger partial charge in [0.25, 0.3) is 5.56 Å². The zero-order chi connectivity index (χ0) is 15.0. The van der Waals surface area contributed by atoms with Crippen LogP contribution in [0.15, 0.2) is 35.3 Å². The SMILES string of the molecule is N#Cc1c[nH]n2c(=O)c(Cc3cccc(F)c3)c(Cl)nc12. The van der Waals surface area contributed by atoms with Crippen LogP contribution in [0.5, 0.6) is 0 Å². The van der Waals surface area contributed by atoms with E-state index in [1.807, 2.05) is 6.07 Å². The van der Waals surface area contributed by atoms with E-state index < -0.39 is 5.56 Å². The largest absolute Gasteiger partial charge is 0.295 e. The number of halogens is 2. The van der Waals surface area contributed by atoms with Crippen molar-refractivity contribution in [2.24, 2.45) is 0 Å². The number of nitrogens with one attached hydrogen (secondary N) is 1. The van der Waals surface area contributed by atoms with E-state index in [1.54, 1.807) is 12.1 Å². The summed E-state index contributed by atoms with van der Waals surface area (Å²) in [6, 6.07) is 7.83. The number of nitriles is 1. The molecule has 0 aliphatic rings. The Bertz CT molecular complexity index is 938. The van der Waals surface area contributed by atoms with Gasteiger partial charge >= 0.3 is 0 Å². The molecule has 2 heterocycles. The number of aromatic nitrogens is 3. The number of hydrogen-bond acceptors (Lipinski definition) is 3. The van der Waals surface area contributed by atoms with Gasteiger partial charge in [-0.15, -0.1) is 0 Å². The van der Waals surface area contributed by atoms with Gasteiger partial charge in [0.15, 0.2) is 5.65 Å². The van der Waals surface area contributed by atoms with E-state index in [0.717, 1.165) is 4.52 Å². The highest BCUT2D eigenvalue weighted by atomic mass is 35.5. The molecule has 0 atom stereocenters. The van der Waals surface area contributed by atoms with E-state index >= 15 is 0 Å². The number of benzene rings is 1. The van der Waals surface area contributed by atoms with Crippen molar-refractivity contribution in [2.45, 2.75) is 6.42 Å². The molecule has 1 aromatic carbocycles. The van der Waals surface area contributed by atoms with Gasteiger partial charge in [0.2, 0.25) is 0 Å². The van der Waals surface area contributed by atoms with Crippen LogP contribution in [0.1, 0.15) is 16.7 Å². The Kier molecular flexibility index (Phi) is 3.20. The smallest absolute Gasteiger partial charge is 0.277 e. The number of nitrogens with zero attached hydrogens (tertiary/aromatic N) is 3. The summed E-state index contributed by atoms with van der Waals surface area (Å²) in [6.07, 6.45) is 1.54. The quantitative estimate of drug-likeness (QED) is 0.738. The molecule has 3 rings (SSSR count). The highest BCUT2D eigenvalue weighted by Crippen LogP contribution is 2.17. The van der Waals surface area contributed by atoms with Gasteiger partial charge in [-0.25, -0.2) is 9.37 Å². The van der Waals surface area contributed by atoms with Crippen LogP contribution in [0.25, 0.3) is 5.65 Å². The summed E-state index contributed by atoms with van der Waals surface area (Å²) >= 11 is 6.04. The molecular weight excluding hydrogens is 295 g/mol. The summed E-state index contributed by atoms with van der Waals surface area (Å²) in [6.45, 7) is 0. The molecule has 0 aliphatic heterocycles. The van der Waals surface area contributed by atoms with Crippen molar-refractivity contribution < 1.29 is 4.39 Å². The Morgan fingerprint density at radius 1 is 1.48 bits per heavy atom. The van der Waals surface area contributed by atoms with E-state index in [9.17, 15) is 9.18 Å². The fourth-order valence-electron chi connectivity index (χ4n) is 2.11. The lowest BCUT2D eigenvalue weighted by molar-refractivity contribution is 0.626. The third-order valence-electron chi connectivity index (χ3n) is 3.10.